The van der Waals surface area contributed by atoms with Crippen molar-refractivity contribution in [1.29, 1.82) is 0 Å². The molecule has 0 radical (unpaired) electrons. The molecule has 0 spiro atoms. The van der Waals surface area contributed by atoms with E-state index in [1.807, 2.05) is 26.8 Å². The quantitative estimate of drug-likeness (QED) is 0.388. The third kappa shape index (κ3) is 6.26. The molecule has 42 heavy (non-hydrogen) atoms. The third-order valence-electron chi connectivity index (χ3n) is 8.63. The summed E-state index contributed by atoms with van der Waals surface area (Å²) in [5.41, 5.74) is 3.10. The molecule has 2 fully saturated rings. The second-order valence-electron chi connectivity index (χ2n) is 12.6. The Morgan fingerprint density at radius 2 is 1.36 bits per heavy atom. The second kappa shape index (κ2) is 12.2. The minimum absolute atomic E-state index is 0.0292. The lowest BCUT2D eigenvalue weighted by molar-refractivity contribution is -0.0783. The molecule has 6 rings (SSSR count). The number of ether oxygens (including phenoxy) is 3. The van der Waals surface area contributed by atoms with Gasteiger partial charge in [0.1, 0.15) is 5.60 Å². The highest BCUT2D eigenvalue weighted by Gasteiger charge is 2.41. The Morgan fingerprint density at radius 3 is 1.90 bits per heavy atom. The molecule has 2 aliphatic carbocycles. The highest BCUT2D eigenvalue weighted by Crippen LogP contribution is 2.40. The van der Waals surface area contributed by atoms with Crippen molar-refractivity contribution in [2.75, 3.05) is 32.8 Å². The molecule has 0 aromatic heterocycles. The first-order valence-corrected chi connectivity index (χ1v) is 15.0. The number of hydrogen-bond donors (Lipinski definition) is 4. The van der Waals surface area contributed by atoms with E-state index >= 15 is 0 Å². The monoisotopic (exact) mass is 584 g/mol. The van der Waals surface area contributed by atoms with Gasteiger partial charge >= 0.3 is 6.09 Å². The van der Waals surface area contributed by atoms with Crippen molar-refractivity contribution in [3.8, 4) is 23.0 Å². The zero-order chi connectivity index (χ0) is 30.2. The Morgan fingerprint density at radius 1 is 0.833 bits per heavy atom. The van der Waals surface area contributed by atoms with Gasteiger partial charge in [-0.15, -0.1) is 0 Å². The summed E-state index contributed by atoms with van der Waals surface area (Å²) in [6, 6.07) is 7.08. The van der Waals surface area contributed by atoms with Crippen LogP contribution in [0.25, 0.3) is 0 Å². The fourth-order valence-corrected chi connectivity index (χ4v) is 6.64. The molecule has 2 saturated heterocycles. The fraction of sp³-hybridized carbons (Fsp3) is 0.594. The summed E-state index contributed by atoms with van der Waals surface area (Å²) in [4.78, 5) is 16.7. The van der Waals surface area contributed by atoms with E-state index in [2.05, 4.69) is 11.8 Å². The highest BCUT2D eigenvalue weighted by atomic mass is 16.6. The summed E-state index contributed by atoms with van der Waals surface area (Å²) >= 11 is 0. The molecule has 2 heterocycles. The normalized spacial score (nSPS) is 25.2. The van der Waals surface area contributed by atoms with E-state index in [-0.39, 0.29) is 47.3 Å². The van der Waals surface area contributed by atoms with Gasteiger partial charge in [-0.25, -0.2) is 4.79 Å². The maximum atomic E-state index is 12.5. The van der Waals surface area contributed by atoms with Gasteiger partial charge < -0.3 is 34.6 Å². The number of hydrogen-bond acceptors (Lipinski definition) is 9. The van der Waals surface area contributed by atoms with Crippen LogP contribution >= 0.6 is 0 Å². The van der Waals surface area contributed by atoms with Crippen LogP contribution in [0.4, 0.5) is 4.79 Å². The molecular formula is C32H44N2O8. The Labute approximate surface area is 247 Å². The lowest BCUT2D eigenvalue weighted by atomic mass is 9.83. The average molecular weight is 585 g/mol. The maximum absolute atomic E-state index is 12.5. The van der Waals surface area contributed by atoms with E-state index in [0.717, 1.165) is 49.2 Å². The van der Waals surface area contributed by atoms with Crippen molar-refractivity contribution in [1.82, 2.24) is 9.80 Å². The Hall–Kier alpha value is -3.21. The largest absolute Gasteiger partial charge is 0.504 e. The molecule has 10 nitrogen and oxygen atoms in total. The minimum Gasteiger partial charge on any atom is -0.504 e. The SMILES string of the molecule is CC(C)(C)OC(=O)N1CCO[C@@H]2Cc3c(ccc(O)c3O)C[C@H]21.CCCN1CCO[C@@H]2Cc3c(ccc(O)c3O)C[C@H]21. The van der Waals surface area contributed by atoms with Crippen LogP contribution in [0, 0.1) is 0 Å². The Bertz CT molecular complexity index is 1290. The van der Waals surface area contributed by atoms with Gasteiger partial charge in [0, 0.05) is 43.1 Å². The number of amides is 1. The standard InChI is InChI=1S/C17H23NO5.C15H21NO3/c1-17(2,3)23-16(21)18-6-7-22-14-9-11-10(8-12(14)18)4-5-13(19)15(11)20;1-2-5-16-6-7-19-14-9-11-10(8-12(14)16)3-4-13(17)15(11)18/h4-5,12,14,19-20H,6-9H2,1-3H3;3-4,12,14,17-18H,2,5-9H2,1H3/t2*12-,14-/m11/s1. The van der Waals surface area contributed by atoms with Gasteiger partial charge in [-0.3, -0.25) is 9.80 Å². The van der Waals surface area contributed by atoms with Crippen LogP contribution < -0.4 is 0 Å². The van der Waals surface area contributed by atoms with E-state index < -0.39 is 5.60 Å². The summed E-state index contributed by atoms with van der Waals surface area (Å²) in [5.74, 6) is -0.202. The number of phenolic OH excluding ortho intramolecular Hbond substituents is 4. The molecule has 2 aliphatic heterocycles. The molecule has 0 unspecified atom stereocenters. The predicted molar refractivity (Wildman–Crippen MR) is 156 cm³/mol. The predicted octanol–water partition coefficient (Wildman–Crippen LogP) is 3.88. The minimum atomic E-state index is -0.540. The van der Waals surface area contributed by atoms with Crippen LogP contribution in [-0.2, 0) is 39.9 Å². The van der Waals surface area contributed by atoms with Gasteiger partial charge in [0.15, 0.2) is 23.0 Å². The lowest BCUT2D eigenvalue weighted by Crippen LogP contribution is -2.57. The van der Waals surface area contributed by atoms with Crippen LogP contribution in [0.5, 0.6) is 23.0 Å². The highest BCUT2D eigenvalue weighted by molar-refractivity contribution is 5.69. The number of morpholine rings is 2. The number of aromatic hydroxyl groups is 4. The molecule has 0 saturated carbocycles. The van der Waals surface area contributed by atoms with Crippen LogP contribution in [-0.4, -0.2) is 99.1 Å². The molecule has 10 heteroatoms. The molecule has 1 amide bonds. The van der Waals surface area contributed by atoms with Gasteiger partial charge in [-0.1, -0.05) is 19.1 Å². The number of carbonyl (C=O) groups is 1. The van der Waals surface area contributed by atoms with E-state index in [1.165, 1.54) is 6.07 Å². The number of fused-ring (bicyclic) bond motifs is 4. The van der Waals surface area contributed by atoms with Gasteiger partial charge in [-0.05, 0) is 69.8 Å². The van der Waals surface area contributed by atoms with Crippen LogP contribution in [0.15, 0.2) is 24.3 Å². The number of nitrogens with zero attached hydrogens (tertiary/aromatic N) is 2. The van der Waals surface area contributed by atoms with E-state index in [9.17, 15) is 25.2 Å². The first-order chi connectivity index (χ1) is 20.0. The Balaban J connectivity index is 0.000000171. The first kappa shape index (κ1) is 30.3. The van der Waals surface area contributed by atoms with Crippen molar-refractivity contribution in [3.63, 3.8) is 0 Å². The van der Waals surface area contributed by atoms with E-state index in [1.54, 1.807) is 17.0 Å². The number of rotatable bonds is 2. The van der Waals surface area contributed by atoms with Crippen molar-refractivity contribution in [2.24, 2.45) is 0 Å². The van der Waals surface area contributed by atoms with Crippen LogP contribution in [0.3, 0.4) is 0 Å². The van der Waals surface area contributed by atoms with Crippen molar-refractivity contribution in [2.45, 2.75) is 89.7 Å². The number of benzene rings is 2. The van der Waals surface area contributed by atoms with Gasteiger partial charge in [0.25, 0.3) is 0 Å². The molecule has 4 aliphatic rings. The smallest absolute Gasteiger partial charge is 0.410 e. The zero-order valence-corrected chi connectivity index (χ0v) is 25.0. The summed E-state index contributed by atoms with van der Waals surface area (Å²) in [5, 5.41) is 39.3. The Kier molecular flexibility index (Phi) is 8.78. The van der Waals surface area contributed by atoms with Crippen molar-refractivity contribution >= 4 is 6.09 Å². The summed E-state index contributed by atoms with van der Waals surface area (Å²) in [7, 11) is 0. The zero-order valence-electron chi connectivity index (χ0n) is 25.0. The van der Waals surface area contributed by atoms with Gasteiger partial charge in [-0.2, -0.15) is 0 Å². The van der Waals surface area contributed by atoms with Crippen molar-refractivity contribution in [3.05, 3.63) is 46.5 Å². The number of phenols is 4. The first-order valence-electron chi connectivity index (χ1n) is 15.0. The van der Waals surface area contributed by atoms with Crippen LogP contribution in [0.2, 0.25) is 0 Å². The van der Waals surface area contributed by atoms with Gasteiger partial charge in [0.05, 0.1) is 31.5 Å². The third-order valence-corrected chi connectivity index (χ3v) is 8.63. The second-order valence-corrected chi connectivity index (χ2v) is 12.6. The molecule has 4 N–H and O–H groups in total. The lowest BCUT2D eigenvalue weighted by Gasteiger charge is -2.44. The van der Waals surface area contributed by atoms with E-state index in [0.29, 0.717) is 44.0 Å². The molecule has 2 aromatic rings. The van der Waals surface area contributed by atoms with Gasteiger partial charge in [0.2, 0.25) is 0 Å². The van der Waals surface area contributed by atoms with Crippen LogP contribution in [0.1, 0.15) is 56.4 Å². The molecular weight excluding hydrogens is 540 g/mol. The molecule has 2 aromatic carbocycles. The number of carbonyl (C=O) groups excluding carboxylic acids is 1. The average Bonchev–Trinajstić information content (AvgIpc) is 2.95. The molecule has 4 atom stereocenters. The summed E-state index contributed by atoms with van der Waals surface area (Å²) in [6.45, 7) is 11.5. The maximum Gasteiger partial charge on any atom is 0.410 e. The van der Waals surface area contributed by atoms with Crippen molar-refractivity contribution < 1.29 is 39.4 Å². The molecule has 0 bridgehead atoms. The van der Waals surface area contributed by atoms with E-state index in [4.69, 9.17) is 14.2 Å². The molecule has 230 valence electrons. The summed E-state index contributed by atoms with van der Waals surface area (Å²) in [6.07, 6.45) is 3.40. The topological polar surface area (TPSA) is 132 Å². The fourth-order valence-electron chi connectivity index (χ4n) is 6.64. The summed E-state index contributed by atoms with van der Waals surface area (Å²) < 4.78 is 17.2.